The van der Waals surface area contributed by atoms with Crippen LogP contribution >= 0.6 is 0 Å². The summed E-state index contributed by atoms with van der Waals surface area (Å²) in [6.07, 6.45) is 0.283. The smallest absolute Gasteiger partial charge is 0.264 e. The van der Waals surface area contributed by atoms with Crippen molar-refractivity contribution in [1.29, 1.82) is 0 Å². The van der Waals surface area contributed by atoms with Crippen LogP contribution in [0.15, 0.2) is 40.9 Å². The van der Waals surface area contributed by atoms with E-state index in [-0.39, 0.29) is 36.4 Å². The molecule has 0 saturated heterocycles. The number of benzene rings is 2. The summed E-state index contributed by atoms with van der Waals surface area (Å²) in [6, 6.07) is 10.2. The Morgan fingerprint density at radius 3 is 2.82 bits per heavy atom. The summed E-state index contributed by atoms with van der Waals surface area (Å²) < 4.78 is 30.7. The van der Waals surface area contributed by atoms with Gasteiger partial charge in [0, 0.05) is 12.0 Å². The summed E-state index contributed by atoms with van der Waals surface area (Å²) in [4.78, 5) is 16.6. The first-order chi connectivity index (χ1) is 13.6. The Bertz CT molecular complexity index is 1030. The normalized spacial score (nSPS) is 15.5. The summed E-state index contributed by atoms with van der Waals surface area (Å²) in [7, 11) is 0. The van der Waals surface area contributed by atoms with Crippen LogP contribution in [0.5, 0.6) is 11.5 Å². The van der Waals surface area contributed by atoms with Gasteiger partial charge in [-0.15, -0.1) is 0 Å². The Morgan fingerprint density at radius 2 is 2.00 bits per heavy atom. The van der Waals surface area contributed by atoms with E-state index in [0.717, 1.165) is 0 Å². The lowest BCUT2D eigenvalue weighted by atomic mass is 10.0. The van der Waals surface area contributed by atoms with Crippen LogP contribution in [0, 0.1) is 5.82 Å². The number of ether oxygens (including phenoxy) is 2. The molecule has 0 fully saturated rings. The molecular weight excluding hydrogens is 363 g/mol. The highest BCUT2D eigenvalue weighted by Crippen LogP contribution is 2.40. The monoisotopic (exact) mass is 382 g/mol. The van der Waals surface area contributed by atoms with Crippen molar-refractivity contribution in [3.63, 3.8) is 0 Å². The third kappa shape index (κ3) is 3.24. The quantitative estimate of drug-likeness (QED) is 0.623. The lowest BCUT2D eigenvalue weighted by Crippen LogP contribution is -2.03. The van der Waals surface area contributed by atoms with E-state index in [4.69, 9.17) is 14.0 Å². The van der Waals surface area contributed by atoms with Gasteiger partial charge in [0.2, 0.25) is 5.82 Å². The van der Waals surface area contributed by atoms with Gasteiger partial charge in [-0.25, -0.2) is 4.39 Å². The van der Waals surface area contributed by atoms with E-state index in [9.17, 15) is 9.18 Å². The number of ketones is 1. The Hall–Kier alpha value is -3.22. The highest BCUT2D eigenvalue weighted by molar-refractivity contribution is 6.03. The van der Waals surface area contributed by atoms with Crippen molar-refractivity contribution in [1.82, 2.24) is 10.1 Å². The van der Waals surface area contributed by atoms with Gasteiger partial charge in [-0.05, 0) is 37.1 Å². The summed E-state index contributed by atoms with van der Waals surface area (Å²) in [5.41, 5.74) is 1.44. The molecule has 0 radical (unpaired) electrons. The summed E-state index contributed by atoms with van der Waals surface area (Å²) in [5.74, 6) is 0.974. The topological polar surface area (TPSA) is 74.5 Å². The zero-order chi connectivity index (χ0) is 19.7. The van der Waals surface area contributed by atoms with Crippen LogP contribution in [-0.4, -0.2) is 22.5 Å². The lowest BCUT2D eigenvalue weighted by Gasteiger charge is -2.10. The molecule has 0 unspecified atom stereocenters. The maximum absolute atomic E-state index is 14.1. The third-order valence-electron chi connectivity index (χ3n) is 4.66. The lowest BCUT2D eigenvalue weighted by molar-refractivity contribution is 0.0985. The van der Waals surface area contributed by atoms with Gasteiger partial charge in [0.05, 0.1) is 17.7 Å². The average molecular weight is 382 g/mol. The number of carbonyl (C=O) groups is 1. The molecule has 0 amide bonds. The molecule has 1 heterocycles. The molecule has 2 aromatic carbocycles. The van der Waals surface area contributed by atoms with Gasteiger partial charge in [0.15, 0.2) is 12.4 Å². The van der Waals surface area contributed by atoms with E-state index in [1.807, 2.05) is 38.1 Å². The summed E-state index contributed by atoms with van der Waals surface area (Å²) >= 11 is 0. The number of hydrogen-bond acceptors (Lipinski definition) is 6. The van der Waals surface area contributed by atoms with Gasteiger partial charge < -0.3 is 14.0 Å². The zero-order valence-electron chi connectivity index (χ0n) is 15.6. The van der Waals surface area contributed by atoms with E-state index in [2.05, 4.69) is 10.1 Å². The maximum Gasteiger partial charge on any atom is 0.264 e. The van der Waals surface area contributed by atoms with Gasteiger partial charge in [-0.3, -0.25) is 4.79 Å². The van der Waals surface area contributed by atoms with Crippen LogP contribution in [-0.2, 0) is 6.61 Å². The van der Waals surface area contributed by atoms with Crippen molar-refractivity contribution in [3.05, 3.63) is 59.2 Å². The van der Waals surface area contributed by atoms with Crippen LogP contribution in [0.4, 0.5) is 4.39 Å². The molecule has 0 spiro atoms. The van der Waals surface area contributed by atoms with Gasteiger partial charge >= 0.3 is 0 Å². The van der Waals surface area contributed by atoms with Crippen molar-refractivity contribution >= 4 is 5.78 Å². The minimum Gasteiger partial charge on any atom is -0.493 e. The zero-order valence-corrected chi connectivity index (χ0v) is 15.6. The largest absolute Gasteiger partial charge is 0.493 e. The minimum absolute atomic E-state index is 0.0243. The fraction of sp³-hybridized carbons (Fsp3) is 0.286. The highest BCUT2D eigenvalue weighted by Gasteiger charge is 2.32. The first-order valence-electron chi connectivity index (χ1n) is 9.11. The number of nitrogens with zero attached hydrogens (tertiary/aromatic N) is 2. The Kier molecular flexibility index (Phi) is 4.81. The predicted octanol–water partition coefficient (Wildman–Crippen LogP) is 4.54. The van der Waals surface area contributed by atoms with Gasteiger partial charge in [0.25, 0.3) is 5.89 Å². The van der Waals surface area contributed by atoms with E-state index in [1.54, 1.807) is 0 Å². The van der Waals surface area contributed by atoms with E-state index < -0.39 is 0 Å². The second-order valence-electron chi connectivity index (χ2n) is 6.59. The van der Waals surface area contributed by atoms with Crippen LogP contribution in [0.1, 0.15) is 48.0 Å². The summed E-state index contributed by atoms with van der Waals surface area (Å²) in [5, 5.41) is 3.98. The van der Waals surface area contributed by atoms with Crippen molar-refractivity contribution < 1.29 is 23.2 Å². The predicted molar refractivity (Wildman–Crippen MR) is 99.0 cm³/mol. The average Bonchev–Trinajstić information content (AvgIpc) is 3.27. The van der Waals surface area contributed by atoms with E-state index >= 15 is 0 Å². The first-order valence-corrected chi connectivity index (χ1v) is 9.11. The van der Waals surface area contributed by atoms with Gasteiger partial charge in [-0.1, -0.05) is 24.2 Å². The SMILES string of the molecule is CCOc1ccccc1-c1noc(COc2ccc(F)c3c2C(=O)C[C@H]3C)n1. The molecule has 144 valence electrons. The first kappa shape index (κ1) is 18.2. The standard InChI is InChI=1S/C21H19FN2O4/c1-3-26-16-7-5-4-6-13(16)21-23-18(28-24-21)11-27-17-9-8-14(22)19-12(2)10-15(25)20(17)19/h4-9,12H,3,10-11H2,1-2H3/t12-/m1/s1. The molecule has 3 aromatic rings. The van der Waals surface area contributed by atoms with Gasteiger partial charge in [-0.2, -0.15) is 4.98 Å². The van der Waals surface area contributed by atoms with Crippen LogP contribution in [0.2, 0.25) is 0 Å². The van der Waals surface area contributed by atoms with Crippen molar-refractivity contribution in [2.75, 3.05) is 6.61 Å². The molecule has 1 aromatic heterocycles. The van der Waals surface area contributed by atoms with E-state index in [1.165, 1.54) is 12.1 Å². The van der Waals surface area contributed by atoms with Crippen LogP contribution < -0.4 is 9.47 Å². The molecule has 1 aliphatic rings. The molecule has 1 aliphatic carbocycles. The van der Waals surface area contributed by atoms with Crippen LogP contribution in [0.25, 0.3) is 11.4 Å². The summed E-state index contributed by atoms with van der Waals surface area (Å²) in [6.45, 7) is 4.22. The molecule has 0 saturated carbocycles. The number of rotatable bonds is 6. The Balaban J connectivity index is 1.55. The third-order valence-corrected chi connectivity index (χ3v) is 4.66. The number of para-hydroxylation sites is 1. The molecule has 7 heteroatoms. The maximum atomic E-state index is 14.1. The Morgan fingerprint density at radius 1 is 1.18 bits per heavy atom. The number of fused-ring (bicyclic) bond motifs is 1. The second-order valence-corrected chi connectivity index (χ2v) is 6.59. The van der Waals surface area contributed by atoms with Crippen molar-refractivity contribution in [3.8, 4) is 22.9 Å². The number of carbonyl (C=O) groups excluding carboxylic acids is 1. The minimum atomic E-state index is -0.381. The molecule has 1 atom stereocenters. The highest BCUT2D eigenvalue weighted by atomic mass is 19.1. The molecule has 6 nitrogen and oxygen atoms in total. The fourth-order valence-corrected chi connectivity index (χ4v) is 3.44. The Labute approximate surface area is 161 Å². The van der Waals surface area contributed by atoms with Gasteiger partial charge in [0.1, 0.15) is 17.3 Å². The van der Waals surface area contributed by atoms with Crippen molar-refractivity contribution in [2.45, 2.75) is 32.8 Å². The fourth-order valence-electron chi connectivity index (χ4n) is 3.44. The molecule has 0 bridgehead atoms. The number of halogens is 1. The molecule has 28 heavy (non-hydrogen) atoms. The van der Waals surface area contributed by atoms with Crippen molar-refractivity contribution in [2.24, 2.45) is 0 Å². The number of Topliss-reactive ketones (excluding diaryl/α,β-unsaturated/α-hetero) is 1. The number of hydrogen-bond donors (Lipinski definition) is 0. The second kappa shape index (κ2) is 7.42. The molecule has 0 aliphatic heterocycles. The van der Waals surface area contributed by atoms with Crippen LogP contribution in [0.3, 0.4) is 0 Å². The number of aromatic nitrogens is 2. The molecule has 0 N–H and O–H groups in total. The van der Waals surface area contributed by atoms with E-state index in [0.29, 0.717) is 40.6 Å². The molecule has 4 rings (SSSR count). The molecular formula is C21H19FN2O4.